The van der Waals surface area contributed by atoms with Crippen LogP contribution in [-0.2, 0) is 0 Å². The number of thiophene rings is 1. The summed E-state index contributed by atoms with van der Waals surface area (Å²) in [6.45, 7) is 0. The van der Waals surface area contributed by atoms with E-state index >= 15 is 0 Å². The van der Waals surface area contributed by atoms with E-state index in [4.69, 9.17) is 19.4 Å². The molecule has 0 radical (unpaired) electrons. The lowest BCUT2D eigenvalue weighted by molar-refractivity contribution is 0.669. The summed E-state index contributed by atoms with van der Waals surface area (Å²) in [7, 11) is 0. The molecule has 0 atom stereocenters. The average molecular weight is 821 g/mol. The summed E-state index contributed by atoms with van der Waals surface area (Å²) in [5, 5.41) is 14.1. The lowest BCUT2D eigenvalue weighted by Gasteiger charge is -2.14. The van der Waals surface area contributed by atoms with Crippen LogP contribution in [0.2, 0.25) is 0 Å². The quantitative estimate of drug-likeness (QED) is 0.177. The Hall–Kier alpha value is -8.19. The second-order valence-electron chi connectivity index (χ2n) is 16.3. The first-order valence-electron chi connectivity index (χ1n) is 21.2. The van der Waals surface area contributed by atoms with E-state index in [0.717, 1.165) is 66.1 Å². The molecule has 4 aromatic heterocycles. The first-order chi connectivity index (χ1) is 31.2. The molecule has 0 fully saturated rings. The molecule has 4 heterocycles. The molecule has 14 rings (SSSR count). The average Bonchev–Trinajstić information content (AvgIpc) is 4.02. The molecule has 0 saturated carbocycles. The van der Waals surface area contributed by atoms with Crippen LogP contribution >= 0.6 is 11.3 Å². The van der Waals surface area contributed by atoms with Gasteiger partial charge in [0.15, 0.2) is 17.5 Å². The van der Waals surface area contributed by atoms with Gasteiger partial charge in [0.25, 0.3) is 0 Å². The standard InChI is InChI=1S/C57H32N4OS/c1-2-15-36-30-47-45(28-35(36)14-1)53-40-18-6-4-13-34(40)24-26-46(53)61(47)48-31-38(32-52-54(48)43-20-8-10-23-51(43)63-52)56-58-55(37-25-27-50-44(29-37)41-19-7-9-22-49(41)62-50)59-57(60-56)42-21-11-16-33-12-3-5-17-39(33)42/h1-32H. The highest BCUT2D eigenvalue weighted by atomic mass is 32.1. The molecule has 0 unspecified atom stereocenters. The van der Waals surface area contributed by atoms with Crippen molar-refractivity contribution in [3.05, 3.63) is 194 Å². The minimum absolute atomic E-state index is 0.600. The zero-order chi connectivity index (χ0) is 41.2. The summed E-state index contributed by atoms with van der Waals surface area (Å²) in [6, 6.07) is 69.2. The van der Waals surface area contributed by atoms with Crippen LogP contribution in [0.25, 0.3) is 136 Å². The van der Waals surface area contributed by atoms with Gasteiger partial charge in [0.05, 0.1) is 16.7 Å². The maximum atomic E-state index is 6.25. The molecule has 0 spiro atoms. The molecule has 5 nitrogen and oxygen atoms in total. The number of nitrogens with zero attached hydrogens (tertiary/aromatic N) is 4. The minimum Gasteiger partial charge on any atom is -0.456 e. The van der Waals surface area contributed by atoms with Crippen molar-refractivity contribution in [2.45, 2.75) is 0 Å². The smallest absolute Gasteiger partial charge is 0.164 e. The van der Waals surface area contributed by atoms with Gasteiger partial charge >= 0.3 is 0 Å². The lowest BCUT2D eigenvalue weighted by Crippen LogP contribution is -2.02. The van der Waals surface area contributed by atoms with Crippen molar-refractivity contribution in [3.63, 3.8) is 0 Å². The first-order valence-corrected chi connectivity index (χ1v) is 22.0. The Morgan fingerprint density at radius 2 is 1.02 bits per heavy atom. The van der Waals surface area contributed by atoms with Gasteiger partial charge in [-0.1, -0.05) is 133 Å². The fourth-order valence-corrected chi connectivity index (χ4v) is 11.1. The third-order valence-electron chi connectivity index (χ3n) is 12.8. The molecular formula is C57H32N4OS. The van der Waals surface area contributed by atoms with E-state index in [1.807, 2.05) is 35.6 Å². The summed E-state index contributed by atoms with van der Waals surface area (Å²) >= 11 is 1.81. The highest BCUT2D eigenvalue weighted by Gasteiger charge is 2.23. The van der Waals surface area contributed by atoms with Crippen molar-refractivity contribution in [2.24, 2.45) is 0 Å². The minimum atomic E-state index is 0.600. The van der Waals surface area contributed by atoms with Crippen LogP contribution in [0.1, 0.15) is 0 Å². The zero-order valence-electron chi connectivity index (χ0n) is 33.6. The van der Waals surface area contributed by atoms with Crippen LogP contribution < -0.4 is 0 Å². The van der Waals surface area contributed by atoms with Crippen molar-refractivity contribution >= 4 is 108 Å². The number of para-hydroxylation sites is 1. The van der Waals surface area contributed by atoms with E-state index in [2.05, 4.69) is 174 Å². The van der Waals surface area contributed by atoms with Crippen LogP contribution in [0.3, 0.4) is 0 Å². The van der Waals surface area contributed by atoms with Crippen LogP contribution in [0.15, 0.2) is 199 Å². The van der Waals surface area contributed by atoms with Gasteiger partial charge in [0.1, 0.15) is 11.2 Å². The van der Waals surface area contributed by atoms with Gasteiger partial charge in [-0.3, -0.25) is 0 Å². The topological polar surface area (TPSA) is 56.7 Å². The van der Waals surface area contributed by atoms with E-state index in [0.29, 0.717) is 17.5 Å². The highest BCUT2D eigenvalue weighted by molar-refractivity contribution is 7.26. The fraction of sp³-hybridized carbons (Fsp3) is 0. The number of hydrogen-bond acceptors (Lipinski definition) is 5. The van der Waals surface area contributed by atoms with Crippen molar-refractivity contribution in [3.8, 4) is 39.9 Å². The normalized spacial score (nSPS) is 12.1. The molecule has 0 N–H and O–H groups in total. The molecule has 292 valence electrons. The molecule has 0 saturated heterocycles. The van der Waals surface area contributed by atoms with E-state index < -0.39 is 0 Å². The van der Waals surface area contributed by atoms with Crippen molar-refractivity contribution in [1.82, 2.24) is 19.5 Å². The monoisotopic (exact) mass is 820 g/mol. The van der Waals surface area contributed by atoms with E-state index in [-0.39, 0.29) is 0 Å². The summed E-state index contributed by atoms with van der Waals surface area (Å²) in [6.07, 6.45) is 0. The van der Waals surface area contributed by atoms with Gasteiger partial charge in [-0.25, -0.2) is 15.0 Å². The Morgan fingerprint density at radius 3 is 1.87 bits per heavy atom. The van der Waals surface area contributed by atoms with E-state index in [9.17, 15) is 0 Å². The molecule has 10 aromatic carbocycles. The van der Waals surface area contributed by atoms with Gasteiger partial charge in [0.2, 0.25) is 0 Å². The molecule has 0 aliphatic carbocycles. The van der Waals surface area contributed by atoms with Gasteiger partial charge in [-0.05, 0) is 93.0 Å². The Morgan fingerprint density at radius 1 is 0.365 bits per heavy atom. The largest absolute Gasteiger partial charge is 0.456 e. The Balaban J connectivity index is 1.09. The second kappa shape index (κ2) is 13.2. The second-order valence-corrected chi connectivity index (χ2v) is 17.4. The predicted octanol–water partition coefficient (Wildman–Crippen LogP) is 15.7. The summed E-state index contributed by atoms with van der Waals surface area (Å²) in [4.78, 5) is 16.1. The van der Waals surface area contributed by atoms with Crippen molar-refractivity contribution in [2.75, 3.05) is 0 Å². The Kier molecular flexibility index (Phi) is 7.21. The maximum absolute atomic E-state index is 6.25. The zero-order valence-corrected chi connectivity index (χ0v) is 34.4. The molecule has 0 aliphatic rings. The summed E-state index contributed by atoms with van der Waals surface area (Å²) in [5.41, 5.74) is 7.85. The number of rotatable bonds is 4. The SMILES string of the molecule is c1ccc2cc3c(cc2c1)c1c2ccccc2ccc1n3-c1cc(-c2nc(-c3ccc4oc5ccccc5c4c3)nc(-c3cccc4ccccc34)n2)cc2sc3ccccc3c12. The van der Waals surface area contributed by atoms with Crippen LogP contribution in [0, 0.1) is 0 Å². The molecule has 6 heteroatoms. The molecule has 0 aliphatic heterocycles. The van der Waals surface area contributed by atoms with Crippen molar-refractivity contribution in [1.29, 1.82) is 0 Å². The number of aromatic nitrogens is 4. The molecule has 0 amide bonds. The summed E-state index contributed by atoms with van der Waals surface area (Å²) in [5.74, 6) is 1.83. The van der Waals surface area contributed by atoms with Crippen LogP contribution in [-0.4, -0.2) is 19.5 Å². The van der Waals surface area contributed by atoms with Crippen LogP contribution in [0.4, 0.5) is 0 Å². The molecule has 63 heavy (non-hydrogen) atoms. The first kappa shape index (κ1) is 34.5. The maximum Gasteiger partial charge on any atom is 0.164 e. The summed E-state index contributed by atoms with van der Waals surface area (Å²) < 4.78 is 11.1. The van der Waals surface area contributed by atoms with Gasteiger partial charge < -0.3 is 8.98 Å². The molecule has 14 aromatic rings. The number of fused-ring (bicyclic) bond motifs is 13. The highest BCUT2D eigenvalue weighted by Crippen LogP contribution is 2.45. The Labute approximate surface area is 363 Å². The number of hydrogen-bond donors (Lipinski definition) is 0. The third kappa shape index (κ3) is 5.19. The number of furan rings is 1. The third-order valence-corrected chi connectivity index (χ3v) is 13.9. The Bertz CT molecular complexity index is 4230. The van der Waals surface area contributed by atoms with Crippen LogP contribution in [0.5, 0.6) is 0 Å². The predicted molar refractivity (Wildman–Crippen MR) is 263 cm³/mol. The van der Waals surface area contributed by atoms with Crippen molar-refractivity contribution < 1.29 is 4.42 Å². The van der Waals surface area contributed by atoms with Gasteiger partial charge in [-0.15, -0.1) is 11.3 Å². The fourth-order valence-electron chi connectivity index (χ4n) is 9.91. The van der Waals surface area contributed by atoms with Gasteiger partial charge in [0, 0.05) is 58.4 Å². The molecule has 0 bridgehead atoms. The molecular weight excluding hydrogens is 789 g/mol. The number of benzene rings is 10. The van der Waals surface area contributed by atoms with Gasteiger partial charge in [-0.2, -0.15) is 0 Å². The lowest BCUT2D eigenvalue weighted by atomic mass is 10.0. The van der Waals surface area contributed by atoms with E-state index in [1.165, 1.54) is 52.5 Å². The van der Waals surface area contributed by atoms with E-state index in [1.54, 1.807) is 0 Å².